The summed E-state index contributed by atoms with van der Waals surface area (Å²) in [7, 11) is 0. The van der Waals surface area contributed by atoms with Crippen molar-refractivity contribution in [3.05, 3.63) is 12.2 Å². The van der Waals surface area contributed by atoms with Crippen molar-refractivity contribution < 1.29 is 8.78 Å². The summed E-state index contributed by atoms with van der Waals surface area (Å²) in [6.07, 6.45) is 4.50. The summed E-state index contributed by atoms with van der Waals surface area (Å²) in [4.78, 5) is 0. The first-order chi connectivity index (χ1) is 4.64. The SMILES string of the molecule is C/C=C/[C@H]1CCC(F)(F)C1. The molecule has 58 valence electrons. The minimum atomic E-state index is -2.38. The van der Waals surface area contributed by atoms with E-state index in [2.05, 4.69) is 0 Å². The molecule has 0 saturated heterocycles. The standard InChI is InChI=1S/C8H12F2/c1-2-3-7-4-5-8(9,10)6-7/h2-3,7H,4-6H2,1H3/b3-2+/t7-/m0/s1. The highest BCUT2D eigenvalue weighted by Crippen LogP contribution is 2.39. The lowest BCUT2D eigenvalue weighted by atomic mass is 10.1. The third-order valence-corrected chi connectivity index (χ3v) is 1.91. The molecule has 1 saturated carbocycles. The van der Waals surface area contributed by atoms with Gasteiger partial charge in [0.2, 0.25) is 5.92 Å². The van der Waals surface area contributed by atoms with Crippen LogP contribution in [0.3, 0.4) is 0 Å². The average Bonchev–Trinajstić information content (AvgIpc) is 2.12. The van der Waals surface area contributed by atoms with E-state index in [1.807, 2.05) is 19.1 Å². The largest absolute Gasteiger partial charge is 0.248 e. The maximum absolute atomic E-state index is 12.5. The molecule has 0 nitrogen and oxygen atoms in total. The first-order valence-electron chi connectivity index (χ1n) is 3.65. The van der Waals surface area contributed by atoms with Crippen molar-refractivity contribution in [1.82, 2.24) is 0 Å². The second-order valence-electron chi connectivity index (χ2n) is 2.88. The van der Waals surface area contributed by atoms with E-state index in [1.54, 1.807) is 0 Å². The smallest absolute Gasteiger partial charge is 0.207 e. The van der Waals surface area contributed by atoms with Crippen LogP contribution in [0.2, 0.25) is 0 Å². The van der Waals surface area contributed by atoms with Crippen molar-refractivity contribution in [2.45, 2.75) is 32.1 Å². The minimum absolute atomic E-state index is 0.0529. The van der Waals surface area contributed by atoms with Crippen molar-refractivity contribution >= 4 is 0 Å². The molecule has 0 spiro atoms. The van der Waals surface area contributed by atoms with Crippen LogP contribution in [-0.4, -0.2) is 5.92 Å². The molecule has 0 aliphatic heterocycles. The lowest BCUT2D eigenvalue weighted by Gasteiger charge is -2.05. The highest BCUT2D eigenvalue weighted by Gasteiger charge is 2.37. The van der Waals surface area contributed by atoms with Gasteiger partial charge in [-0.3, -0.25) is 0 Å². The molecule has 0 radical (unpaired) electrons. The highest BCUT2D eigenvalue weighted by atomic mass is 19.3. The molecule has 0 N–H and O–H groups in total. The molecule has 0 amide bonds. The van der Waals surface area contributed by atoms with Crippen molar-refractivity contribution in [2.24, 2.45) is 5.92 Å². The Kier molecular flexibility index (Phi) is 2.07. The van der Waals surface area contributed by atoms with E-state index >= 15 is 0 Å². The van der Waals surface area contributed by atoms with E-state index in [-0.39, 0.29) is 18.8 Å². The molecule has 0 bridgehead atoms. The second-order valence-corrected chi connectivity index (χ2v) is 2.88. The normalized spacial score (nSPS) is 31.7. The summed E-state index contributed by atoms with van der Waals surface area (Å²) in [6, 6.07) is 0. The average molecular weight is 146 g/mol. The number of halogens is 2. The Balaban J connectivity index is 2.43. The predicted molar refractivity (Wildman–Crippen MR) is 37.1 cm³/mol. The molecule has 1 aliphatic carbocycles. The molecule has 1 aliphatic rings. The van der Waals surface area contributed by atoms with Gasteiger partial charge in [-0.25, -0.2) is 8.78 Å². The Morgan fingerprint density at radius 2 is 2.20 bits per heavy atom. The molecule has 1 atom stereocenters. The maximum atomic E-state index is 12.5. The van der Waals surface area contributed by atoms with Crippen LogP contribution < -0.4 is 0 Å². The molecule has 0 unspecified atom stereocenters. The Labute approximate surface area is 59.9 Å². The molecular formula is C8H12F2. The molecule has 0 aromatic carbocycles. The molecule has 2 heteroatoms. The number of alkyl halides is 2. The molecule has 1 rings (SSSR count). The van der Waals surface area contributed by atoms with Gasteiger partial charge in [0.15, 0.2) is 0 Å². The number of rotatable bonds is 1. The fourth-order valence-electron chi connectivity index (χ4n) is 1.42. The molecule has 0 aromatic rings. The molecule has 0 aromatic heterocycles. The topological polar surface area (TPSA) is 0 Å². The van der Waals surface area contributed by atoms with Gasteiger partial charge in [-0.1, -0.05) is 12.2 Å². The maximum Gasteiger partial charge on any atom is 0.248 e. The number of hydrogen-bond donors (Lipinski definition) is 0. The summed E-state index contributed by atoms with van der Waals surface area (Å²) in [6.45, 7) is 1.87. The van der Waals surface area contributed by atoms with Crippen LogP contribution in [0.4, 0.5) is 8.78 Å². The van der Waals surface area contributed by atoms with E-state index in [0.29, 0.717) is 6.42 Å². The van der Waals surface area contributed by atoms with Gasteiger partial charge in [-0.2, -0.15) is 0 Å². The van der Waals surface area contributed by atoms with E-state index in [9.17, 15) is 8.78 Å². The van der Waals surface area contributed by atoms with Gasteiger partial charge in [-0.05, 0) is 19.3 Å². The Morgan fingerprint density at radius 3 is 2.60 bits per heavy atom. The zero-order valence-electron chi connectivity index (χ0n) is 6.11. The van der Waals surface area contributed by atoms with Crippen molar-refractivity contribution in [1.29, 1.82) is 0 Å². The van der Waals surface area contributed by atoms with Crippen molar-refractivity contribution in [3.63, 3.8) is 0 Å². The van der Waals surface area contributed by atoms with Crippen LogP contribution in [0.25, 0.3) is 0 Å². The van der Waals surface area contributed by atoms with Gasteiger partial charge in [0, 0.05) is 12.8 Å². The predicted octanol–water partition coefficient (Wildman–Crippen LogP) is 3.00. The number of hydrogen-bond acceptors (Lipinski definition) is 0. The lowest BCUT2D eigenvalue weighted by molar-refractivity contribution is 0.00677. The first kappa shape index (κ1) is 7.70. The molecule has 0 heterocycles. The Hall–Kier alpha value is -0.400. The van der Waals surface area contributed by atoms with Crippen LogP contribution in [0.1, 0.15) is 26.2 Å². The lowest BCUT2D eigenvalue weighted by Crippen LogP contribution is -2.08. The molecule has 10 heavy (non-hydrogen) atoms. The highest BCUT2D eigenvalue weighted by molar-refractivity contribution is 4.93. The van der Waals surface area contributed by atoms with Crippen LogP contribution in [0.15, 0.2) is 12.2 Å². The van der Waals surface area contributed by atoms with Gasteiger partial charge >= 0.3 is 0 Å². The van der Waals surface area contributed by atoms with E-state index in [0.717, 1.165) is 0 Å². The van der Waals surface area contributed by atoms with E-state index in [1.165, 1.54) is 0 Å². The van der Waals surface area contributed by atoms with Crippen molar-refractivity contribution in [2.75, 3.05) is 0 Å². The third kappa shape index (κ3) is 1.79. The van der Waals surface area contributed by atoms with Crippen LogP contribution in [0.5, 0.6) is 0 Å². The fourth-order valence-corrected chi connectivity index (χ4v) is 1.42. The summed E-state index contributed by atoms with van der Waals surface area (Å²) in [5, 5.41) is 0. The van der Waals surface area contributed by atoms with Crippen LogP contribution >= 0.6 is 0 Å². The second kappa shape index (κ2) is 2.69. The summed E-state index contributed by atoms with van der Waals surface area (Å²) in [5.74, 6) is -2.26. The van der Waals surface area contributed by atoms with Gasteiger partial charge in [0.25, 0.3) is 0 Å². The molecular weight excluding hydrogens is 134 g/mol. The first-order valence-corrected chi connectivity index (χ1v) is 3.65. The Bertz CT molecular complexity index is 138. The fraction of sp³-hybridized carbons (Fsp3) is 0.750. The van der Waals surface area contributed by atoms with Gasteiger partial charge in [0.1, 0.15) is 0 Å². The van der Waals surface area contributed by atoms with Crippen molar-refractivity contribution in [3.8, 4) is 0 Å². The minimum Gasteiger partial charge on any atom is -0.207 e. The van der Waals surface area contributed by atoms with E-state index < -0.39 is 5.92 Å². The zero-order valence-corrected chi connectivity index (χ0v) is 6.11. The Morgan fingerprint density at radius 1 is 1.50 bits per heavy atom. The van der Waals surface area contributed by atoms with Crippen LogP contribution in [-0.2, 0) is 0 Å². The monoisotopic (exact) mass is 146 g/mol. The zero-order chi connectivity index (χ0) is 7.61. The summed E-state index contributed by atoms with van der Waals surface area (Å²) in [5.41, 5.74) is 0. The van der Waals surface area contributed by atoms with Crippen LogP contribution in [0, 0.1) is 5.92 Å². The van der Waals surface area contributed by atoms with Gasteiger partial charge in [0.05, 0.1) is 0 Å². The quantitative estimate of drug-likeness (QED) is 0.499. The summed E-state index contributed by atoms with van der Waals surface area (Å²) < 4.78 is 25.0. The van der Waals surface area contributed by atoms with Gasteiger partial charge < -0.3 is 0 Å². The van der Waals surface area contributed by atoms with Gasteiger partial charge in [-0.15, -0.1) is 0 Å². The summed E-state index contributed by atoms with van der Waals surface area (Å²) >= 11 is 0. The number of allylic oxidation sites excluding steroid dienone is 2. The molecule has 1 fully saturated rings. The van der Waals surface area contributed by atoms with E-state index in [4.69, 9.17) is 0 Å². The third-order valence-electron chi connectivity index (χ3n) is 1.91.